The van der Waals surface area contributed by atoms with Crippen molar-refractivity contribution in [1.29, 1.82) is 0 Å². The van der Waals surface area contributed by atoms with Crippen molar-refractivity contribution in [3.63, 3.8) is 0 Å². The molecule has 0 aliphatic carbocycles. The summed E-state index contributed by atoms with van der Waals surface area (Å²) in [5.41, 5.74) is 4.11. The Morgan fingerprint density at radius 3 is 1.26 bits per heavy atom. The second-order valence-electron chi connectivity index (χ2n) is 13.3. The van der Waals surface area contributed by atoms with Crippen molar-refractivity contribution >= 4 is 0 Å². The zero-order valence-corrected chi connectivity index (χ0v) is 27.4. The number of hydrogen-bond donors (Lipinski definition) is 0. The van der Waals surface area contributed by atoms with E-state index in [1.807, 2.05) is 12.1 Å². The Hall–Kier alpha value is -3.30. The third-order valence-corrected chi connectivity index (χ3v) is 9.98. The first kappa shape index (κ1) is 31.3. The zero-order chi connectivity index (χ0) is 31.7. The van der Waals surface area contributed by atoms with E-state index in [0.717, 1.165) is 73.4 Å². The van der Waals surface area contributed by atoms with E-state index in [1.54, 1.807) is 0 Å². The van der Waals surface area contributed by atoms with Crippen LogP contribution in [0.4, 0.5) is 0 Å². The zero-order valence-electron chi connectivity index (χ0n) is 27.4. The largest absolute Gasteiger partial charge is 0.491 e. The second kappa shape index (κ2) is 13.1. The normalized spacial score (nSPS) is 25.1. The Kier molecular flexibility index (Phi) is 8.89. The Bertz CT molecular complexity index is 1400. The van der Waals surface area contributed by atoms with Gasteiger partial charge in [-0.15, -0.1) is 0 Å². The minimum absolute atomic E-state index is 0.153. The predicted octanol–water partition coefficient (Wildman–Crippen LogP) is 6.23. The van der Waals surface area contributed by atoms with Gasteiger partial charge >= 0.3 is 0 Å². The van der Waals surface area contributed by atoms with Crippen LogP contribution in [0.2, 0.25) is 0 Å². The average Bonchev–Trinajstić information content (AvgIpc) is 3.91. The van der Waals surface area contributed by atoms with E-state index in [1.165, 1.54) is 11.1 Å². The van der Waals surface area contributed by atoms with Crippen LogP contribution >= 0.6 is 0 Å². The molecule has 6 atom stereocenters. The molecule has 4 fully saturated rings. The van der Waals surface area contributed by atoms with Crippen LogP contribution < -0.4 is 18.9 Å². The van der Waals surface area contributed by atoms with Gasteiger partial charge in [0.05, 0.1) is 26.4 Å². The number of rotatable bonds is 18. The number of benzene rings is 3. The van der Waals surface area contributed by atoms with Gasteiger partial charge in [-0.2, -0.15) is 0 Å². The summed E-state index contributed by atoms with van der Waals surface area (Å²) in [5, 5.41) is 0. The van der Waals surface area contributed by atoms with Gasteiger partial charge in [0, 0.05) is 34.1 Å². The highest BCUT2D eigenvalue weighted by Crippen LogP contribution is 2.46. The lowest BCUT2D eigenvalue weighted by atomic mass is 9.69. The van der Waals surface area contributed by atoms with Crippen molar-refractivity contribution in [3.05, 3.63) is 82.9 Å². The fourth-order valence-electron chi connectivity index (χ4n) is 6.04. The number of epoxide rings is 4. The van der Waals surface area contributed by atoms with Crippen LogP contribution in [-0.4, -0.2) is 77.3 Å². The molecule has 0 radical (unpaired) electrons. The second-order valence-corrected chi connectivity index (χ2v) is 13.3. The lowest BCUT2D eigenvalue weighted by Gasteiger charge is -2.35. The average molecular weight is 631 g/mol. The lowest BCUT2D eigenvalue weighted by molar-refractivity contribution is 0.248. The van der Waals surface area contributed by atoms with Gasteiger partial charge in [0.15, 0.2) is 0 Å². The molecular formula is C38H46O8. The van der Waals surface area contributed by atoms with E-state index < -0.39 is 0 Å². The molecule has 4 aliphatic rings. The van der Waals surface area contributed by atoms with Crippen molar-refractivity contribution < 1.29 is 37.9 Å². The summed E-state index contributed by atoms with van der Waals surface area (Å²) in [6.45, 7) is 14.3. The Balaban J connectivity index is 1.21. The molecule has 246 valence electrons. The van der Waals surface area contributed by atoms with Gasteiger partial charge in [0.25, 0.3) is 0 Å². The highest BCUT2D eigenvalue weighted by Gasteiger charge is 2.36. The molecule has 3 aromatic carbocycles. The van der Waals surface area contributed by atoms with E-state index >= 15 is 0 Å². The van der Waals surface area contributed by atoms with Crippen molar-refractivity contribution in [3.8, 4) is 23.0 Å². The van der Waals surface area contributed by atoms with Crippen LogP contribution in [0.1, 0.15) is 62.8 Å². The summed E-state index contributed by atoms with van der Waals surface area (Å²) in [6.07, 6.45) is 2.46. The van der Waals surface area contributed by atoms with E-state index in [9.17, 15) is 0 Å². The third-order valence-electron chi connectivity index (χ3n) is 9.98. The molecule has 8 heteroatoms. The molecular weight excluding hydrogens is 584 g/mol. The predicted molar refractivity (Wildman–Crippen MR) is 174 cm³/mol. The molecule has 4 aliphatic heterocycles. The molecule has 46 heavy (non-hydrogen) atoms. The minimum Gasteiger partial charge on any atom is -0.491 e. The van der Waals surface area contributed by atoms with Crippen molar-refractivity contribution in [2.24, 2.45) is 0 Å². The fourth-order valence-corrected chi connectivity index (χ4v) is 6.04. The molecule has 0 spiro atoms. The van der Waals surface area contributed by atoms with Crippen LogP contribution in [0.25, 0.3) is 0 Å². The molecule has 0 N–H and O–H groups in total. The van der Waals surface area contributed by atoms with Crippen LogP contribution in [0.5, 0.6) is 23.0 Å². The van der Waals surface area contributed by atoms with Gasteiger partial charge in [-0.3, -0.25) is 0 Å². The molecule has 0 saturated carbocycles. The van der Waals surface area contributed by atoms with Crippen molar-refractivity contribution in [1.82, 2.24) is 0 Å². The van der Waals surface area contributed by atoms with Gasteiger partial charge in [0.1, 0.15) is 73.8 Å². The summed E-state index contributed by atoms with van der Waals surface area (Å²) in [4.78, 5) is 0. The van der Waals surface area contributed by atoms with Crippen LogP contribution in [0, 0.1) is 0 Å². The highest BCUT2D eigenvalue weighted by molar-refractivity contribution is 5.54. The maximum atomic E-state index is 6.42. The molecule has 7 rings (SSSR count). The molecule has 0 aromatic heterocycles. The summed E-state index contributed by atoms with van der Waals surface area (Å²) in [5.74, 6) is 3.25. The van der Waals surface area contributed by atoms with Gasteiger partial charge in [-0.05, 0) is 36.1 Å². The summed E-state index contributed by atoms with van der Waals surface area (Å²) < 4.78 is 46.5. The maximum Gasteiger partial charge on any atom is 0.127 e. The van der Waals surface area contributed by atoms with Gasteiger partial charge in [-0.25, -0.2) is 0 Å². The van der Waals surface area contributed by atoms with Crippen molar-refractivity contribution in [2.45, 2.75) is 75.8 Å². The topological polar surface area (TPSA) is 87.0 Å². The quantitative estimate of drug-likeness (QED) is 0.153. The first-order valence-electron chi connectivity index (χ1n) is 16.8. The Labute approximate surface area is 272 Å². The fraction of sp³-hybridized carbons (Fsp3) is 0.526. The highest BCUT2D eigenvalue weighted by atomic mass is 16.6. The van der Waals surface area contributed by atoms with E-state index in [2.05, 4.69) is 76.2 Å². The minimum atomic E-state index is -0.312. The summed E-state index contributed by atoms with van der Waals surface area (Å²) in [6, 6.07) is 21.5. The van der Waals surface area contributed by atoms with Crippen molar-refractivity contribution in [2.75, 3.05) is 52.9 Å². The smallest absolute Gasteiger partial charge is 0.127 e. The standard InChI is InChI=1S/C38H46O8/c1-5-37(3,33-12-10-27(39-17-29-19-41-29)15-35(33)45-23-31-21-43-31)25-8-7-9-26(14-25)38(4,6-2)34-13-11-28(40-18-30-20-42-30)16-36(34)46-24-32-22-44-32/h7-16,29-32H,5-6,17-24H2,1-4H3. The van der Waals surface area contributed by atoms with E-state index in [-0.39, 0.29) is 35.2 Å². The summed E-state index contributed by atoms with van der Waals surface area (Å²) >= 11 is 0. The van der Waals surface area contributed by atoms with Crippen LogP contribution in [-0.2, 0) is 29.8 Å². The number of hydrogen-bond acceptors (Lipinski definition) is 8. The molecule has 6 unspecified atom stereocenters. The molecule has 4 saturated heterocycles. The maximum absolute atomic E-state index is 6.42. The van der Waals surface area contributed by atoms with E-state index in [4.69, 9.17) is 37.9 Å². The van der Waals surface area contributed by atoms with Gasteiger partial charge < -0.3 is 37.9 Å². The summed E-state index contributed by atoms with van der Waals surface area (Å²) in [7, 11) is 0. The Morgan fingerprint density at radius 2 is 0.913 bits per heavy atom. The van der Waals surface area contributed by atoms with Gasteiger partial charge in [0.2, 0.25) is 0 Å². The molecule has 8 nitrogen and oxygen atoms in total. The SMILES string of the molecule is CCC(C)(c1cccc(C(C)(CC)c2ccc(OCC3CO3)cc2OCC2CO2)c1)c1ccc(OCC2CO2)cc1OCC1CO1. The lowest BCUT2D eigenvalue weighted by Crippen LogP contribution is -2.27. The molecule has 0 amide bonds. The molecule has 3 aromatic rings. The monoisotopic (exact) mass is 630 g/mol. The Morgan fingerprint density at radius 1 is 0.543 bits per heavy atom. The van der Waals surface area contributed by atoms with Crippen LogP contribution in [0.3, 0.4) is 0 Å². The molecule has 4 heterocycles. The molecule has 0 bridgehead atoms. The first-order valence-corrected chi connectivity index (χ1v) is 16.8. The first-order chi connectivity index (χ1) is 22.4. The van der Waals surface area contributed by atoms with Gasteiger partial charge in [-0.1, -0.05) is 64.1 Å². The van der Waals surface area contributed by atoms with Crippen LogP contribution in [0.15, 0.2) is 60.7 Å². The number of ether oxygens (including phenoxy) is 8. The third kappa shape index (κ3) is 7.15. The van der Waals surface area contributed by atoms with E-state index in [0.29, 0.717) is 26.4 Å².